The van der Waals surface area contributed by atoms with E-state index in [2.05, 4.69) is 21.3 Å². The molecule has 0 radical (unpaired) electrons. The number of nitrogens with one attached hydrogen (secondary N) is 4. The van der Waals surface area contributed by atoms with Crippen molar-refractivity contribution in [3.63, 3.8) is 0 Å². The number of nitro groups is 1. The molecule has 254 valence electrons. The fourth-order valence-electron chi connectivity index (χ4n) is 4.70. The molecule has 14 nitrogen and oxygen atoms in total. The number of amides is 2. The summed E-state index contributed by atoms with van der Waals surface area (Å²) in [6.45, 7) is 3.74. The standard InChI is InChI=1S/C34H39N5O9/c1-21(2)17-28(33(44)38-29(34(45)46)18-23-5-3-22(4-6-23)9-16-32(42)43)37-31(41)19-24-7-10-25(11-8-24)35-30(20-39(47)48)36-26-12-14-27(40)15-13-26/h3-8,10-15,20-21,28-29,35-36,40H,9,16-19H2,1-2H3,(H,37,41)(H,38,44)(H,42,43)(H,45,46)/b30-20+. The molecule has 3 rings (SSSR count). The Balaban J connectivity index is 1.61. The molecule has 3 aromatic rings. The Labute approximate surface area is 277 Å². The van der Waals surface area contributed by atoms with Crippen LogP contribution in [0.5, 0.6) is 5.75 Å². The number of aryl methyl sites for hydroxylation is 1. The highest BCUT2D eigenvalue weighted by Crippen LogP contribution is 2.18. The maximum Gasteiger partial charge on any atom is 0.326 e. The average molecular weight is 662 g/mol. The van der Waals surface area contributed by atoms with Crippen LogP contribution in [0.1, 0.15) is 43.4 Å². The van der Waals surface area contributed by atoms with Crippen molar-refractivity contribution in [1.82, 2.24) is 10.6 Å². The van der Waals surface area contributed by atoms with Gasteiger partial charge in [0.15, 0.2) is 5.82 Å². The van der Waals surface area contributed by atoms with Gasteiger partial charge in [0.05, 0.1) is 11.3 Å². The number of phenols is 1. The Hall–Kier alpha value is -5.92. The SMILES string of the molecule is CC(C)CC(NC(=O)Cc1ccc(N/C(=C\[N+](=O)[O-])Nc2ccc(O)cc2)cc1)C(=O)NC(Cc1ccc(CCC(=O)O)cc1)C(=O)O. The van der Waals surface area contributed by atoms with Crippen LogP contribution in [0, 0.1) is 16.0 Å². The number of benzene rings is 3. The number of rotatable bonds is 18. The third-order valence-corrected chi connectivity index (χ3v) is 7.04. The van der Waals surface area contributed by atoms with Gasteiger partial charge in [0.1, 0.15) is 17.8 Å². The van der Waals surface area contributed by atoms with E-state index in [0.29, 0.717) is 28.9 Å². The molecule has 0 spiro atoms. The summed E-state index contributed by atoms with van der Waals surface area (Å²) in [5, 5.41) is 50.3. The van der Waals surface area contributed by atoms with Gasteiger partial charge in [-0.15, -0.1) is 0 Å². The Morgan fingerprint density at radius 3 is 1.85 bits per heavy atom. The molecule has 7 N–H and O–H groups in total. The van der Waals surface area contributed by atoms with Crippen LogP contribution in [-0.2, 0) is 38.4 Å². The number of aromatic hydroxyl groups is 1. The predicted molar refractivity (Wildman–Crippen MR) is 178 cm³/mol. The number of aliphatic carboxylic acids is 2. The smallest absolute Gasteiger partial charge is 0.326 e. The third-order valence-electron chi connectivity index (χ3n) is 7.04. The van der Waals surface area contributed by atoms with Gasteiger partial charge in [-0.25, -0.2) is 4.79 Å². The van der Waals surface area contributed by atoms with E-state index in [9.17, 15) is 39.5 Å². The lowest BCUT2D eigenvalue weighted by Gasteiger charge is -2.23. The summed E-state index contributed by atoms with van der Waals surface area (Å²) in [6.07, 6.45) is 1.25. The molecular formula is C34H39N5O9. The average Bonchev–Trinajstić information content (AvgIpc) is 3.01. The highest BCUT2D eigenvalue weighted by molar-refractivity contribution is 5.91. The maximum absolute atomic E-state index is 13.2. The van der Waals surface area contributed by atoms with Crippen LogP contribution in [0.4, 0.5) is 11.4 Å². The van der Waals surface area contributed by atoms with Crippen LogP contribution in [0.2, 0.25) is 0 Å². The first-order chi connectivity index (χ1) is 22.8. The van der Waals surface area contributed by atoms with Crippen molar-refractivity contribution in [2.75, 3.05) is 10.6 Å². The van der Waals surface area contributed by atoms with Crippen LogP contribution in [0.15, 0.2) is 84.8 Å². The molecule has 2 atom stereocenters. The maximum atomic E-state index is 13.2. The Morgan fingerprint density at radius 2 is 1.33 bits per heavy atom. The molecule has 3 aromatic carbocycles. The van der Waals surface area contributed by atoms with Gasteiger partial charge in [-0.3, -0.25) is 24.5 Å². The monoisotopic (exact) mass is 661 g/mol. The number of hydrogen-bond acceptors (Lipinski definition) is 9. The van der Waals surface area contributed by atoms with Crippen LogP contribution >= 0.6 is 0 Å². The zero-order valence-corrected chi connectivity index (χ0v) is 26.5. The third kappa shape index (κ3) is 12.8. The molecule has 0 aliphatic heterocycles. The summed E-state index contributed by atoms with van der Waals surface area (Å²) in [5.74, 6) is -3.13. The molecule has 0 fully saturated rings. The van der Waals surface area contributed by atoms with Crippen molar-refractivity contribution in [2.24, 2.45) is 5.92 Å². The number of carbonyl (C=O) groups excluding carboxylic acids is 2. The summed E-state index contributed by atoms with van der Waals surface area (Å²) in [6, 6.07) is 17.1. The van der Waals surface area contributed by atoms with E-state index >= 15 is 0 Å². The van der Waals surface area contributed by atoms with Gasteiger partial charge in [-0.1, -0.05) is 50.2 Å². The lowest BCUT2D eigenvalue weighted by atomic mass is 10.00. The van der Waals surface area contributed by atoms with Crippen molar-refractivity contribution >= 4 is 35.1 Å². The second kappa shape index (κ2) is 17.7. The van der Waals surface area contributed by atoms with Crippen molar-refractivity contribution in [3.05, 3.63) is 112 Å². The van der Waals surface area contributed by atoms with E-state index in [1.54, 1.807) is 60.7 Å². The number of nitrogens with zero attached hydrogens (tertiary/aromatic N) is 1. The molecule has 0 bridgehead atoms. The number of carboxylic acid groups (broad SMARTS) is 2. The number of hydrogen-bond donors (Lipinski definition) is 7. The molecule has 48 heavy (non-hydrogen) atoms. The first kappa shape index (κ1) is 36.5. The fraction of sp³-hybridized carbons (Fsp3) is 0.294. The first-order valence-corrected chi connectivity index (χ1v) is 15.2. The molecule has 0 saturated heterocycles. The predicted octanol–water partition coefficient (Wildman–Crippen LogP) is 3.89. The molecule has 0 aliphatic rings. The van der Waals surface area contributed by atoms with E-state index < -0.39 is 40.8 Å². The van der Waals surface area contributed by atoms with Crippen LogP contribution in [-0.4, -0.2) is 56.1 Å². The summed E-state index contributed by atoms with van der Waals surface area (Å²) in [7, 11) is 0. The first-order valence-electron chi connectivity index (χ1n) is 15.2. The van der Waals surface area contributed by atoms with Gasteiger partial charge < -0.3 is 36.6 Å². The summed E-state index contributed by atoms with van der Waals surface area (Å²) in [5.41, 5.74) is 3.02. The van der Waals surface area contributed by atoms with E-state index in [4.69, 9.17) is 5.11 Å². The minimum absolute atomic E-state index is 0.00429. The van der Waals surface area contributed by atoms with Gasteiger partial charge in [0.2, 0.25) is 11.8 Å². The van der Waals surface area contributed by atoms with Crippen molar-refractivity contribution in [1.29, 1.82) is 0 Å². The van der Waals surface area contributed by atoms with Crippen LogP contribution < -0.4 is 21.3 Å². The Bertz CT molecular complexity index is 1610. The number of carboxylic acids is 2. The van der Waals surface area contributed by atoms with Crippen LogP contribution in [0.3, 0.4) is 0 Å². The van der Waals surface area contributed by atoms with E-state index in [1.807, 2.05) is 13.8 Å². The lowest BCUT2D eigenvalue weighted by Crippen LogP contribution is -2.52. The molecule has 0 aromatic heterocycles. The zero-order valence-electron chi connectivity index (χ0n) is 26.5. The molecule has 0 aliphatic carbocycles. The summed E-state index contributed by atoms with van der Waals surface area (Å²) in [4.78, 5) is 59.5. The molecule has 14 heteroatoms. The molecule has 2 amide bonds. The summed E-state index contributed by atoms with van der Waals surface area (Å²) < 4.78 is 0. The second-order valence-corrected chi connectivity index (χ2v) is 11.6. The highest BCUT2D eigenvalue weighted by atomic mass is 16.6. The number of anilines is 2. The van der Waals surface area contributed by atoms with Crippen LogP contribution in [0.25, 0.3) is 0 Å². The van der Waals surface area contributed by atoms with Crippen molar-refractivity contribution in [2.45, 2.75) is 58.0 Å². The highest BCUT2D eigenvalue weighted by Gasteiger charge is 2.27. The minimum Gasteiger partial charge on any atom is -0.508 e. The molecule has 2 unspecified atom stereocenters. The largest absolute Gasteiger partial charge is 0.508 e. The fourth-order valence-corrected chi connectivity index (χ4v) is 4.70. The van der Waals surface area contributed by atoms with E-state index in [-0.39, 0.29) is 43.2 Å². The van der Waals surface area contributed by atoms with Gasteiger partial charge in [0, 0.05) is 24.2 Å². The zero-order chi connectivity index (χ0) is 35.2. The number of carbonyl (C=O) groups is 4. The molecule has 0 saturated carbocycles. The Morgan fingerprint density at radius 1 is 0.792 bits per heavy atom. The minimum atomic E-state index is -1.26. The van der Waals surface area contributed by atoms with E-state index in [1.165, 1.54) is 12.1 Å². The topological polar surface area (TPSA) is 220 Å². The van der Waals surface area contributed by atoms with Gasteiger partial charge in [0.25, 0.3) is 6.20 Å². The normalized spacial score (nSPS) is 12.4. The summed E-state index contributed by atoms with van der Waals surface area (Å²) >= 11 is 0. The van der Waals surface area contributed by atoms with Crippen molar-refractivity contribution in [3.8, 4) is 5.75 Å². The second-order valence-electron chi connectivity index (χ2n) is 11.6. The number of phenolic OH excluding ortho intramolecular Hbond substituents is 1. The van der Waals surface area contributed by atoms with Gasteiger partial charge in [-0.2, -0.15) is 0 Å². The van der Waals surface area contributed by atoms with Gasteiger partial charge >= 0.3 is 11.9 Å². The molecular weight excluding hydrogens is 622 g/mol. The van der Waals surface area contributed by atoms with E-state index in [0.717, 1.165) is 11.8 Å². The Kier molecular flexibility index (Phi) is 13.5. The quantitative estimate of drug-likeness (QED) is 0.0589. The molecule has 0 heterocycles. The van der Waals surface area contributed by atoms with Crippen molar-refractivity contribution < 1.29 is 39.4 Å². The lowest BCUT2D eigenvalue weighted by molar-refractivity contribution is -0.403. The van der Waals surface area contributed by atoms with Gasteiger partial charge in [-0.05, 0) is 71.8 Å².